The number of carbonyl (C=O) groups excluding carboxylic acids is 1. The average Bonchev–Trinajstić information content (AvgIpc) is 2.37. The predicted molar refractivity (Wildman–Crippen MR) is 71.9 cm³/mol. The predicted octanol–water partition coefficient (Wildman–Crippen LogP) is 2.65. The van der Waals surface area contributed by atoms with Crippen molar-refractivity contribution in [2.75, 3.05) is 6.61 Å². The number of ether oxygens (including phenoxy) is 1. The summed E-state index contributed by atoms with van der Waals surface area (Å²) in [6, 6.07) is 9.63. The molecule has 1 N–H and O–H groups in total. The minimum atomic E-state index is -0.943. The summed E-state index contributed by atoms with van der Waals surface area (Å²) in [5, 5.41) is 10.0. The smallest absolute Gasteiger partial charge is 0.314 e. The number of rotatable bonds is 5. The molecule has 0 saturated carbocycles. The van der Waals surface area contributed by atoms with E-state index in [0.717, 1.165) is 5.56 Å². The van der Waals surface area contributed by atoms with Gasteiger partial charge in [-0.25, -0.2) is 0 Å². The molecule has 1 rings (SSSR count). The first-order valence-electron chi connectivity index (χ1n) is 6.07. The molecule has 98 valence electrons. The molecule has 0 fully saturated rings. The van der Waals surface area contributed by atoms with Gasteiger partial charge < -0.3 is 9.84 Å². The van der Waals surface area contributed by atoms with Crippen LogP contribution in [0.25, 0.3) is 6.08 Å². The van der Waals surface area contributed by atoms with Gasteiger partial charge in [0, 0.05) is 0 Å². The Morgan fingerprint density at radius 1 is 1.39 bits per heavy atom. The van der Waals surface area contributed by atoms with E-state index in [0.29, 0.717) is 6.61 Å². The van der Waals surface area contributed by atoms with Crippen LogP contribution in [0, 0.1) is 5.41 Å². The van der Waals surface area contributed by atoms with Gasteiger partial charge in [-0.3, -0.25) is 4.79 Å². The van der Waals surface area contributed by atoms with Gasteiger partial charge in [-0.2, -0.15) is 0 Å². The van der Waals surface area contributed by atoms with Gasteiger partial charge in [0.05, 0.1) is 18.1 Å². The summed E-state index contributed by atoms with van der Waals surface area (Å²) in [6.45, 7) is 5.41. The van der Waals surface area contributed by atoms with Gasteiger partial charge in [0.1, 0.15) is 0 Å². The second-order valence-electron chi connectivity index (χ2n) is 4.66. The first-order chi connectivity index (χ1) is 8.48. The van der Waals surface area contributed by atoms with Crippen LogP contribution in [-0.2, 0) is 9.53 Å². The number of aliphatic hydroxyl groups is 1. The van der Waals surface area contributed by atoms with E-state index in [1.165, 1.54) is 0 Å². The van der Waals surface area contributed by atoms with Crippen LogP contribution in [0.2, 0.25) is 0 Å². The molecular formula is C15H20O3. The Kier molecular flexibility index (Phi) is 5.10. The summed E-state index contributed by atoms with van der Waals surface area (Å²) < 4.78 is 4.95. The summed E-state index contributed by atoms with van der Waals surface area (Å²) in [7, 11) is 0. The lowest BCUT2D eigenvalue weighted by atomic mass is 9.86. The Balaban J connectivity index is 2.72. The normalized spacial score (nSPS) is 13.6. The summed E-state index contributed by atoms with van der Waals surface area (Å²) in [5.74, 6) is -0.393. The van der Waals surface area contributed by atoms with E-state index in [-0.39, 0.29) is 0 Å². The summed E-state index contributed by atoms with van der Waals surface area (Å²) in [5.41, 5.74) is 0.0394. The minimum absolute atomic E-state index is 0.317. The van der Waals surface area contributed by atoms with Gasteiger partial charge in [0.25, 0.3) is 0 Å². The number of aliphatic hydroxyl groups excluding tert-OH is 1. The van der Waals surface area contributed by atoms with Crippen LogP contribution in [0.3, 0.4) is 0 Å². The molecule has 18 heavy (non-hydrogen) atoms. The molecule has 3 heteroatoms. The maximum atomic E-state index is 11.7. The highest BCUT2D eigenvalue weighted by Gasteiger charge is 2.35. The van der Waals surface area contributed by atoms with Gasteiger partial charge in [0.2, 0.25) is 0 Å². The van der Waals surface area contributed by atoms with E-state index < -0.39 is 17.5 Å². The molecule has 0 bridgehead atoms. The van der Waals surface area contributed by atoms with Crippen LogP contribution in [0.5, 0.6) is 0 Å². The molecule has 0 aliphatic rings. The summed E-state index contributed by atoms with van der Waals surface area (Å²) in [4.78, 5) is 11.7. The van der Waals surface area contributed by atoms with Crippen LogP contribution < -0.4 is 0 Å². The first kappa shape index (κ1) is 14.5. The fraction of sp³-hybridized carbons (Fsp3) is 0.400. The average molecular weight is 248 g/mol. The zero-order chi connectivity index (χ0) is 13.6. The SMILES string of the molecule is CCOC(=O)C(C)(C)C(O)C=Cc1ccccc1. The molecule has 0 aromatic heterocycles. The Labute approximate surface area is 108 Å². The zero-order valence-electron chi connectivity index (χ0n) is 11.1. The number of benzene rings is 1. The van der Waals surface area contributed by atoms with Crippen LogP contribution in [0.4, 0.5) is 0 Å². The van der Waals surface area contributed by atoms with Crippen molar-refractivity contribution in [3.05, 3.63) is 42.0 Å². The fourth-order valence-corrected chi connectivity index (χ4v) is 1.44. The third kappa shape index (κ3) is 3.70. The second kappa shape index (κ2) is 6.36. The highest BCUT2D eigenvalue weighted by Crippen LogP contribution is 2.24. The van der Waals surface area contributed by atoms with E-state index in [1.54, 1.807) is 32.9 Å². The lowest BCUT2D eigenvalue weighted by Gasteiger charge is -2.25. The van der Waals surface area contributed by atoms with Crippen LogP contribution in [0.1, 0.15) is 26.3 Å². The third-order valence-electron chi connectivity index (χ3n) is 2.81. The van der Waals surface area contributed by atoms with Gasteiger partial charge in [-0.05, 0) is 26.3 Å². The molecule has 1 aromatic carbocycles. The molecule has 3 nitrogen and oxygen atoms in total. The highest BCUT2D eigenvalue weighted by atomic mass is 16.5. The molecule has 0 radical (unpaired) electrons. The molecule has 0 heterocycles. The maximum Gasteiger partial charge on any atom is 0.314 e. The van der Waals surface area contributed by atoms with E-state index in [2.05, 4.69) is 0 Å². The van der Waals surface area contributed by atoms with Crippen molar-refractivity contribution in [2.24, 2.45) is 5.41 Å². The fourth-order valence-electron chi connectivity index (χ4n) is 1.44. The van der Waals surface area contributed by atoms with Crippen LogP contribution >= 0.6 is 0 Å². The van der Waals surface area contributed by atoms with Crippen molar-refractivity contribution in [3.63, 3.8) is 0 Å². The quantitative estimate of drug-likeness (QED) is 0.815. The Morgan fingerprint density at radius 3 is 2.56 bits per heavy atom. The van der Waals surface area contributed by atoms with Gasteiger partial charge >= 0.3 is 5.97 Å². The number of carbonyl (C=O) groups is 1. The molecule has 0 spiro atoms. The van der Waals surface area contributed by atoms with Gasteiger partial charge in [-0.15, -0.1) is 0 Å². The second-order valence-corrected chi connectivity index (χ2v) is 4.66. The van der Waals surface area contributed by atoms with Crippen molar-refractivity contribution >= 4 is 12.0 Å². The molecule has 0 aliphatic heterocycles. The largest absolute Gasteiger partial charge is 0.465 e. The highest BCUT2D eigenvalue weighted by molar-refractivity contribution is 5.77. The lowest BCUT2D eigenvalue weighted by molar-refractivity contribution is -0.158. The number of hydrogen-bond donors (Lipinski definition) is 1. The molecule has 0 aliphatic carbocycles. The molecule has 0 amide bonds. The molecule has 0 saturated heterocycles. The molecule has 1 atom stereocenters. The van der Waals surface area contributed by atoms with Crippen LogP contribution in [-0.4, -0.2) is 23.8 Å². The molecule has 1 aromatic rings. The Morgan fingerprint density at radius 2 is 2.00 bits per heavy atom. The monoisotopic (exact) mass is 248 g/mol. The minimum Gasteiger partial charge on any atom is -0.465 e. The topological polar surface area (TPSA) is 46.5 Å². The number of hydrogen-bond acceptors (Lipinski definition) is 3. The molecular weight excluding hydrogens is 228 g/mol. The van der Waals surface area contributed by atoms with Gasteiger partial charge in [-0.1, -0.05) is 42.5 Å². The molecule has 1 unspecified atom stereocenters. The van der Waals surface area contributed by atoms with Crippen molar-refractivity contribution in [1.82, 2.24) is 0 Å². The van der Waals surface area contributed by atoms with Crippen molar-refractivity contribution < 1.29 is 14.6 Å². The van der Waals surface area contributed by atoms with E-state index >= 15 is 0 Å². The maximum absolute atomic E-state index is 11.7. The lowest BCUT2D eigenvalue weighted by Crippen LogP contribution is -2.37. The van der Waals surface area contributed by atoms with E-state index in [4.69, 9.17) is 4.74 Å². The van der Waals surface area contributed by atoms with Crippen molar-refractivity contribution in [1.29, 1.82) is 0 Å². The van der Waals surface area contributed by atoms with Crippen molar-refractivity contribution in [3.8, 4) is 0 Å². The zero-order valence-corrected chi connectivity index (χ0v) is 11.1. The summed E-state index contributed by atoms with van der Waals surface area (Å²) in [6.07, 6.45) is 2.54. The standard InChI is InChI=1S/C15H20O3/c1-4-18-14(17)15(2,3)13(16)11-10-12-8-6-5-7-9-12/h5-11,13,16H,4H2,1-3H3. The first-order valence-corrected chi connectivity index (χ1v) is 6.07. The Bertz CT molecular complexity index is 407. The van der Waals surface area contributed by atoms with Crippen molar-refractivity contribution in [2.45, 2.75) is 26.9 Å². The summed E-state index contributed by atoms with van der Waals surface area (Å²) >= 11 is 0. The number of esters is 1. The van der Waals surface area contributed by atoms with Crippen LogP contribution in [0.15, 0.2) is 36.4 Å². The van der Waals surface area contributed by atoms with E-state index in [9.17, 15) is 9.90 Å². The Hall–Kier alpha value is -1.61. The van der Waals surface area contributed by atoms with E-state index in [1.807, 2.05) is 30.3 Å². The van der Waals surface area contributed by atoms with Gasteiger partial charge in [0.15, 0.2) is 0 Å². The third-order valence-corrected chi connectivity index (χ3v) is 2.81.